The zero-order valence-corrected chi connectivity index (χ0v) is 14.5. The van der Waals surface area contributed by atoms with Gasteiger partial charge in [-0.25, -0.2) is 0 Å². The molecular weight excluding hydrogens is 310 g/mol. The summed E-state index contributed by atoms with van der Waals surface area (Å²) in [5.41, 5.74) is 1.89. The summed E-state index contributed by atoms with van der Waals surface area (Å²) in [7, 11) is 4.03. The first-order valence-electron chi connectivity index (χ1n) is 7.60. The summed E-state index contributed by atoms with van der Waals surface area (Å²) in [5, 5.41) is 0. The lowest BCUT2D eigenvalue weighted by Crippen LogP contribution is -2.14. The number of ether oxygens (including phenoxy) is 1. The van der Waals surface area contributed by atoms with E-state index in [0.29, 0.717) is 13.0 Å². The van der Waals surface area contributed by atoms with Crippen LogP contribution < -0.4 is 4.74 Å². The number of carbonyl (C=O) groups excluding carboxylic acids is 1. The second-order valence-corrected chi connectivity index (χ2v) is 5.63. The van der Waals surface area contributed by atoms with Crippen LogP contribution in [0.5, 0.6) is 5.75 Å². The molecule has 3 nitrogen and oxygen atoms in total. The van der Waals surface area contributed by atoms with Gasteiger partial charge in [0.2, 0.25) is 0 Å². The average Bonchev–Trinajstić information content (AvgIpc) is 2.54. The highest BCUT2D eigenvalue weighted by atomic mass is 35.5. The van der Waals surface area contributed by atoms with Crippen molar-refractivity contribution in [1.29, 1.82) is 0 Å². The molecular formula is C19H24ClNO2. The third-order valence-corrected chi connectivity index (χ3v) is 3.43. The minimum Gasteiger partial charge on any atom is -0.489 e. The highest BCUT2D eigenvalue weighted by molar-refractivity contribution is 5.96. The summed E-state index contributed by atoms with van der Waals surface area (Å²) in [6, 6.07) is 17.5. The first-order chi connectivity index (χ1) is 10.6. The van der Waals surface area contributed by atoms with Gasteiger partial charge in [0.15, 0.2) is 5.78 Å². The van der Waals surface area contributed by atoms with E-state index in [1.807, 2.05) is 68.7 Å². The fourth-order valence-corrected chi connectivity index (χ4v) is 2.18. The van der Waals surface area contributed by atoms with Crippen molar-refractivity contribution in [1.82, 2.24) is 4.90 Å². The van der Waals surface area contributed by atoms with E-state index in [4.69, 9.17) is 4.74 Å². The van der Waals surface area contributed by atoms with Crippen molar-refractivity contribution in [3.8, 4) is 5.75 Å². The van der Waals surface area contributed by atoms with E-state index in [1.165, 1.54) is 0 Å². The Morgan fingerprint density at radius 1 is 1.00 bits per heavy atom. The number of carbonyl (C=O) groups is 1. The largest absolute Gasteiger partial charge is 0.489 e. The molecule has 124 valence electrons. The molecule has 0 spiro atoms. The van der Waals surface area contributed by atoms with Crippen LogP contribution in [0.1, 0.15) is 28.8 Å². The van der Waals surface area contributed by atoms with Crippen LogP contribution in [0.3, 0.4) is 0 Å². The van der Waals surface area contributed by atoms with E-state index < -0.39 is 0 Å². The lowest BCUT2D eigenvalue weighted by atomic mass is 10.1. The van der Waals surface area contributed by atoms with Crippen molar-refractivity contribution in [3.05, 3.63) is 65.7 Å². The van der Waals surface area contributed by atoms with Gasteiger partial charge in [-0.2, -0.15) is 0 Å². The van der Waals surface area contributed by atoms with Gasteiger partial charge in [0.05, 0.1) is 0 Å². The van der Waals surface area contributed by atoms with E-state index in [2.05, 4.69) is 4.90 Å². The number of nitrogens with zero attached hydrogens (tertiary/aromatic N) is 1. The number of Topliss-reactive ketones (excluding diaryl/α,β-unsaturated/α-hetero) is 1. The maximum Gasteiger partial charge on any atom is 0.162 e. The van der Waals surface area contributed by atoms with Gasteiger partial charge < -0.3 is 9.64 Å². The van der Waals surface area contributed by atoms with Crippen molar-refractivity contribution in [2.45, 2.75) is 19.4 Å². The average molecular weight is 334 g/mol. The summed E-state index contributed by atoms with van der Waals surface area (Å²) in [6.45, 7) is 1.47. The first kappa shape index (κ1) is 19.2. The lowest BCUT2D eigenvalue weighted by molar-refractivity contribution is 0.0977. The number of halogens is 1. The molecule has 2 rings (SSSR count). The van der Waals surface area contributed by atoms with Gasteiger partial charge in [0.25, 0.3) is 0 Å². The van der Waals surface area contributed by atoms with Crippen LogP contribution in [0.2, 0.25) is 0 Å². The van der Waals surface area contributed by atoms with Crippen LogP contribution in [0.15, 0.2) is 54.6 Å². The molecule has 0 saturated heterocycles. The monoisotopic (exact) mass is 333 g/mol. The van der Waals surface area contributed by atoms with Gasteiger partial charge in [-0.15, -0.1) is 12.4 Å². The summed E-state index contributed by atoms with van der Waals surface area (Å²) in [6.07, 6.45) is 1.47. The molecule has 2 aromatic rings. The van der Waals surface area contributed by atoms with Crippen molar-refractivity contribution < 1.29 is 9.53 Å². The highest BCUT2D eigenvalue weighted by Crippen LogP contribution is 2.15. The van der Waals surface area contributed by atoms with E-state index in [0.717, 1.165) is 29.8 Å². The summed E-state index contributed by atoms with van der Waals surface area (Å²) in [5.74, 6) is 0.977. The molecule has 0 bridgehead atoms. The molecule has 0 saturated carbocycles. The molecule has 0 heterocycles. The van der Waals surface area contributed by atoms with Crippen LogP contribution in [-0.2, 0) is 6.61 Å². The van der Waals surface area contributed by atoms with Crippen LogP contribution in [0.4, 0.5) is 0 Å². The standard InChI is InChI=1S/C19H23NO2.ClH/c1-20(2)14-6-9-19(21)17-10-12-18(13-11-17)22-15-16-7-4-3-5-8-16;/h3-5,7-8,10-13H,6,9,14-15H2,1-2H3;1H. The molecule has 0 fully saturated rings. The third kappa shape index (κ3) is 6.85. The second-order valence-electron chi connectivity index (χ2n) is 5.63. The highest BCUT2D eigenvalue weighted by Gasteiger charge is 2.06. The summed E-state index contributed by atoms with van der Waals surface area (Å²) >= 11 is 0. The van der Waals surface area contributed by atoms with Gasteiger partial charge >= 0.3 is 0 Å². The minimum atomic E-state index is 0. The number of benzene rings is 2. The predicted molar refractivity (Wildman–Crippen MR) is 96.6 cm³/mol. The normalized spacial score (nSPS) is 10.2. The molecule has 0 aliphatic heterocycles. The SMILES string of the molecule is CN(C)CCCC(=O)c1ccc(OCc2ccccc2)cc1.Cl. The molecule has 0 aromatic heterocycles. The summed E-state index contributed by atoms with van der Waals surface area (Å²) < 4.78 is 5.72. The van der Waals surface area contributed by atoms with Crippen molar-refractivity contribution in [2.75, 3.05) is 20.6 Å². The third-order valence-electron chi connectivity index (χ3n) is 3.43. The second kappa shape index (κ2) is 10.0. The Hall–Kier alpha value is -1.84. The maximum absolute atomic E-state index is 12.1. The molecule has 0 N–H and O–H groups in total. The van der Waals surface area contributed by atoms with Crippen LogP contribution in [0.25, 0.3) is 0 Å². The lowest BCUT2D eigenvalue weighted by Gasteiger charge is -2.09. The van der Waals surface area contributed by atoms with E-state index in [1.54, 1.807) is 0 Å². The fraction of sp³-hybridized carbons (Fsp3) is 0.316. The molecule has 0 unspecified atom stereocenters. The van der Waals surface area contributed by atoms with Gasteiger partial charge in [-0.05, 0) is 56.9 Å². The molecule has 2 aromatic carbocycles. The maximum atomic E-state index is 12.1. The van der Waals surface area contributed by atoms with Crippen LogP contribution in [-0.4, -0.2) is 31.3 Å². The topological polar surface area (TPSA) is 29.5 Å². The van der Waals surface area contributed by atoms with E-state index in [9.17, 15) is 4.79 Å². The molecule has 23 heavy (non-hydrogen) atoms. The molecule has 0 aliphatic carbocycles. The zero-order chi connectivity index (χ0) is 15.8. The Labute approximate surface area is 144 Å². The van der Waals surface area contributed by atoms with Crippen LogP contribution in [0, 0.1) is 0 Å². The Kier molecular flexibility index (Phi) is 8.38. The fourth-order valence-electron chi connectivity index (χ4n) is 2.18. The first-order valence-corrected chi connectivity index (χ1v) is 7.60. The van der Waals surface area contributed by atoms with Gasteiger partial charge in [0, 0.05) is 12.0 Å². The Morgan fingerprint density at radius 2 is 1.65 bits per heavy atom. The van der Waals surface area contributed by atoms with Gasteiger partial charge in [-0.3, -0.25) is 4.79 Å². The molecule has 0 aliphatic rings. The zero-order valence-electron chi connectivity index (χ0n) is 13.7. The number of hydrogen-bond donors (Lipinski definition) is 0. The van der Waals surface area contributed by atoms with Gasteiger partial charge in [-0.1, -0.05) is 30.3 Å². The Bertz CT molecular complexity index is 582. The molecule has 0 atom stereocenters. The predicted octanol–water partition coefficient (Wildman–Crippen LogP) is 4.21. The summed E-state index contributed by atoms with van der Waals surface area (Å²) in [4.78, 5) is 14.1. The molecule has 0 radical (unpaired) electrons. The molecule has 0 amide bonds. The van der Waals surface area contributed by atoms with E-state index >= 15 is 0 Å². The number of hydrogen-bond acceptors (Lipinski definition) is 3. The van der Waals surface area contributed by atoms with Crippen molar-refractivity contribution in [3.63, 3.8) is 0 Å². The van der Waals surface area contributed by atoms with Crippen molar-refractivity contribution >= 4 is 18.2 Å². The smallest absolute Gasteiger partial charge is 0.162 e. The molecule has 4 heteroatoms. The minimum absolute atomic E-state index is 0. The Morgan fingerprint density at radius 3 is 2.26 bits per heavy atom. The van der Waals surface area contributed by atoms with Crippen molar-refractivity contribution in [2.24, 2.45) is 0 Å². The van der Waals surface area contributed by atoms with Gasteiger partial charge in [0.1, 0.15) is 12.4 Å². The number of rotatable bonds is 8. The van der Waals surface area contributed by atoms with E-state index in [-0.39, 0.29) is 18.2 Å². The Balaban J connectivity index is 0.00000264. The number of ketones is 1. The van der Waals surface area contributed by atoms with Crippen LogP contribution >= 0.6 is 12.4 Å². The quantitative estimate of drug-likeness (QED) is 0.678.